The maximum Gasteiger partial charge on any atom is 0.191 e. The SMILES string of the molecule is CCNC(=NCC(C)(C)S(C)(=O)=O)NC(C)c1cccc(N2CCCC2)c1. The zero-order valence-electron chi connectivity index (χ0n) is 17.2. The number of nitrogens with zero attached hydrogens (tertiary/aromatic N) is 2. The van der Waals surface area contributed by atoms with Gasteiger partial charge in [-0.25, -0.2) is 8.42 Å². The molecule has 0 bridgehead atoms. The molecule has 1 aliphatic rings. The summed E-state index contributed by atoms with van der Waals surface area (Å²) in [5, 5.41) is 6.61. The summed E-state index contributed by atoms with van der Waals surface area (Å²) in [6.45, 7) is 10.7. The van der Waals surface area contributed by atoms with E-state index < -0.39 is 14.6 Å². The monoisotopic (exact) mass is 394 g/mol. The first-order chi connectivity index (χ1) is 12.6. The van der Waals surface area contributed by atoms with Gasteiger partial charge in [0.25, 0.3) is 0 Å². The van der Waals surface area contributed by atoms with Crippen LogP contribution in [0.15, 0.2) is 29.3 Å². The molecule has 0 saturated carbocycles. The van der Waals surface area contributed by atoms with Gasteiger partial charge in [-0.05, 0) is 58.2 Å². The first kappa shape index (κ1) is 21.5. The van der Waals surface area contributed by atoms with Crippen molar-refractivity contribution < 1.29 is 8.42 Å². The highest BCUT2D eigenvalue weighted by molar-refractivity contribution is 7.92. The molecule has 7 heteroatoms. The van der Waals surface area contributed by atoms with Crippen molar-refractivity contribution in [2.45, 2.75) is 51.3 Å². The number of sulfone groups is 1. The number of nitrogens with one attached hydrogen (secondary N) is 2. The molecule has 0 aliphatic carbocycles. The Morgan fingerprint density at radius 1 is 1.30 bits per heavy atom. The van der Waals surface area contributed by atoms with E-state index >= 15 is 0 Å². The maximum atomic E-state index is 11.9. The van der Waals surface area contributed by atoms with Gasteiger partial charge < -0.3 is 15.5 Å². The molecule has 0 spiro atoms. The molecule has 1 unspecified atom stereocenters. The number of guanidine groups is 1. The molecule has 152 valence electrons. The number of aliphatic imine (C=N–C) groups is 1. The van der Waals surface area contributed by atoms with Crippen molar-refractivity contribution in [3.05, 3.63) is 29.8 Å². The molecule has 2 rings (SSSR count). The Morgan fingerprint density at radius 3 is 2.56 bits per heavy atom. The summed E-state index contributed by atoms with van der Waals surface area (Å²) in [4.78, 5) is 6.94. The summed E-state index contributed by atoms with van der Waals surface area (Å²) >= 11 is 0. The maximum absolute atomic E-state index is 11.9. The molecule has 0 amide bonds. The van der Waals surface area contributed by atoms with E-state index in [2.05, 4.69) is 51.7 Å². The van der Waals surface area contributed by atoms with E-state index in [-0.39, 0.29) is 12.6 Å². The van der Waals surface area contributed by atoms with Crippen LogP contribution in [0.1, 0.15) is 52.1 Å². The second-order valence-corrected chi connectivity index (χ2v) is 10.5. The highest BCUT2D eigenvalue weighted by Gasteiger charge is 2.30. The van der Waals surface area contributed by atoms with Crippen molar-refractivity contribution in [2.75, 3.05) is 37.3 Å². The molecule has 0 radical (unpaired) electrons. The van der Waals surface area contributed by atoms with Crippen molar-refractivity contribution in [1.82, 2.24) is 10.6 Å². The van der Waals surface area contributed by atoms with Gasteiger partial charge >= 0.3 is 0 Å². The van der Waals surface area contributed by atoms with E-state index in [1.807, 2.05) is 6.92 Å². The van der Waals surface area contributed by atoms with Crippen LogP contribution < -0.4 is 15.5 Å². The molecule has 1 aromatic carbocycles. The second kappa shape index (κ2) is 8.95. The van der Waals surface area contributed by atoms with E-state index in [1.165, 1.54) is 30.3 Å². The molecular weight excluding hydrogens is 360 g/mol. The molecule has 6 nitrogen and oxygen atoms in total. The van der Waals surface area contributed by atoms with Crippen molar-refractivity contribution in [3.63, 3.8) is 0 Å². The Kier molecular flexibility index (Phi) is 7.14. The van der Waals surface area contributed by atoms with E-state index in [0.29, 0.717) is 12.5 Å². The molecule has 1 aromatic rings. The molecule has 2 N–H and O–H groups in total. The fourth-order valence-corrected chi connectivity index (χ4v) is 3.26. The lowest BCUT2D eigenvalue weighted by Gasteiger charge is -2.23. The summed E-state index contributed by atoms with van der Waals surface area (Å²) in [5.74, 6) is 0.633. The fourth-order valence-electron chi connectivity index (χ4n) is 2.96. The quantitative estimate of drug-likeness (QED) is 0.549. The third kappa shape index (κ3) is 5.86. The van der Waals surface area contributed by atoms with Crippen LogP contribution in [0.4, 0.5) is 5.69 Å². The summed E-state index contributed by atoms with van der Waals surface area (Å²) < 4.78 is 22.9. The normalized spacial score (nSPS) is 17.1. The van der Waals surface area contributed by atoms with E-state index in [9.17, 15) is 8.42 Å². The average Bonchev–Trinajstić information content (AvgIpc) is 3.13. The smallest absolute Gasteiger partial charge is 0.191 e. The average molecular weight is 395 g/mol. The van der Waals surface area contributed by atoms with Gasteiger partial charge in [0, 0.05) is 31.6 Å². The van der Waals surface area contributed by atoms with Gasteiger partial charge in [0.1, 0.15) is 0 Å². The molecule has 1 saturated heterocycles. The first-order valence-electron chi connectivity index (χ1n) is 9.73. The Morgan fingerprint density at radius 2 is 1.96 bits per heavy atom. The van der Waals surface area contributed by atoms with Crippen molar-refractivity contribution in [1.29, 1.82) is 0 Å². The standard InChI is InChI=1S/C20H34N4O2S/c1-6-21-19(22-15-20(3,4)27(5,25)26)23-16(2)17-10-9-11-18(14-17)24-12-7-8-13-24/h9-11,14,16H,6-8,12-13,15H2,1-5H3,(H2,21,22,23). The Bertz CT molecular complexity index is 753. The van der Waals surface area contributed by atoms with Gasteiger partial charge in [0.2, 0.25) is 0 Å². The molecule has 1 atom stereocenters. The Labute approximate surface area is 164 Å². The van der Waals surface area contributed by atoms with Crippen LogP contribution in [0.5, 0.6) is 0 Å². The molecular formula is C20H34N4O2S. The molecule has 1 heterocycles. The van der Waals surface area contributed by atoms with Crippen LogP contribution >= 0.6 is 0 Å². The highest BCUT2D eigenvalue weighted by Crippen LogP contribution is 2.24. The van der Waals surface area contributed by atoms with Gasteiger partial charge in [-0.15, -0.1) is 0 Å². The number of anilines is 1. The van der Waals surface area contributed by atoms with Crippen LogP contribution in [0, 0.1) is 0 Å². The summed E-state index contributed by atoms with van der Waals surface area (Å²) in [6.07, 6.45) is 3.77. The minimum Gasteiger partial charge on any atom is -0.372 e. The second-order valence-electron chi connectivity index (χ2n) is 7.88. The Balaban J connectivity index is 2.11. The van der Waals surface area contributed by atoms with Crippen LogP contribution in [-0.2, 0) is 9.84 Å². The van der Waals surface area contributed by atoms with Gasteiger partial charge in [-0.3, -0.25) is 4.99 Å². The predicted octanol–water partition coefficient (Wildman–Crippen LogP) is 2.73. The van der Waals surface area contributed by atoms with Crippen molar-refractivity contribution in [2.24, 2.45) is 4.99 Å². The molecule has 1 fully saturated rings. The minimum absolute atomic E-state index is 0.0618. The summed E-state index contributed by atoms with van der Waals surface area (Å²) in [6, 6.07) is 8.66. The Hall–Kier alpha value is -1.76. The number of rotatable bonds is 7. The molecule has 0 aromatic heterocycles. The largest absolute Gasteiger partial charge is 0.372 e. The summed E-state index contributed by atoms with van der Waals surface area (Å²) in [7, 11) is -3.18. The van der Waals surface area contributed by atoms with Crippen molar-refractivity contribution >= 4 is 21.5 Å². The zero-order chi connectivity index (χ0) is 20.1. The van der Waals surface area contributed by atoms with E-state index in [1.54, 1.807) is 13.8 Å². The van der Waals surface area contributed by atoms with Gasteiger partial charge in [0.05, 0.1) is 17.3 Å². The topological polar surface area (TPSA) is 73.8 Å². The molecule has 27 heavy (non-hydrogen) atoms. The fraction of sp³-hybridized carbons (Fsp3) is 0.650. The number of benzene rings is 1. The van der Waals surface area contributed by atoms with Crippen LogP contribution in [0.2, 0.25) is 0 Å². The van der Waals surface area contributed by atoms with E-state index in [0.717, 1.165) is 13.1 Å². The molecule has 1 aliphatic heterocycles. The summed E-state index contributed by atoms with van der Waals surface area (Å²) in [5.41, 5.74) is 2.45. The lowest BCUT2D eigenvalue weighted by Crippen LogP contribution is -2.41. The lowest BCUT2D eigenvalue weighted by molar-refractivity contribution is 0.554. The lowest BCUT2D eigenvalue weighted by atomic mass is 10.1. The zero-order valence-corrected chi connectivity index (χ0v) is 18.1. The number of hydrogen-bond acceptors (Lipinski definition) is 4. The van der Waals surface area contributed by atoms with Crippen LogP contribution in [0.3, 0.4) is 0 Å². The third-order valence-electron chi connectivity index (χ3n) is 5.16. The number of hydrogen-bond donors (Lipinski definition) is 2. The van der Waals surface area contributed by atoms with Gasteiger partial charge in [0.15, 0.2) is 15.8 Å². The predicted molar refractivity (Wildman–Crippen MR) is 114 cm³/mol. The van der Waals surface area contributed by atoms with E-state index in [4.69, 9.17) is 0 Å². The minimum atomic E-state index is -3.18. The van der Waals surface area contributed by atoms with Crippen LogP contribution in [0.25, 0.3) is 0 Å². The van der Waals surface area contributed by atoms with Crippen molar-refractivity contribution in [3.8, 4) is 0 Å². The van der Waals surface area contributed by atoms with Gasteiger partial charge in [-0.1, -0.05) is 12.1 Å². The van der Waals surface area contributed by atoms with Crippen LogP contribution in [-0.4, -0.2) is 51.6 Å². The highest BCUT2D eigenvalue weighted by atomic mass is 32.2. The first-order valence-corrected chi connectivity index (χ1v) is 11.6. The third-order valence-corrected chi connectivity index (χ3v) is 7.30. The van der Waals surface area contributed by atoms with Gasteiger partial charge in [-0.2, -0.15) is 0 Å².